The SMILES string of the molecule is COCCn1c(C)cc(C(=O)COC(=O)c2c(C)oc(-n3cccc3)c2C#N)c1C. The number of methoxy groups -OCH3 is 1. The Bertz CT molecular complexity index is 1110. The fraction of sp³-hybridized carbons (Fsp3) is 0.318. The van der Waals surface area contributed by atoms with Crippen LogP contribution in [0, 0.1) is 32.1 Å². The summed E-state index contributed by atoms with van der Waals surface area (Å²) in [5.41, 5.74) is 2.30. The number of furan rings is 1. The van der Waals surface area contributed by atoms with Crippen molar-refractivity contribution in [1.29, 1.82) is 5.26 Å². The molecule has 0 unspecified atom stereocenters. The van der Waals surface area contributed by atoms with Crippen molar-refractivity contribution in [2.24, 2.45) is 0 Å². The zero-order valence-electron chi connectivity index (χ0n) is 17.4. The van der Waals surface area contributed by atoms with E-state index in [9.17, 15) is 14.9 Å². The van der Waals surface area contributed by atoms with Crippen LogP contribution in [0.15, 0.2) is 35.0 Å². The van der Waals surface area contributed by atoms with E-state index in [1.54, 1.807) is 49.2 Å². The second-order valence-corrected chi connectivity index (χ2v) is 6.84. The number of aromatic nitrogens is 2. The summed E-state index contributed by atoms with van der Waals surface area (Å²) < 4.78 is 19.5. The van der Waals surface area contributed by atoms with Gasteiger partial charge in [-0.2, -0.15) is 5.26 Å². The third kappa shape index (κ3) is 3.93. The molecule has 0 saturated carbocycles. The Kier molecular flexibility index (Phi) is 6.23. The number of Topliss-reactive ketones (excluding diaryl/α,β-unsaturated/α-hetero) is 1. The minimum absolute atomic E-state index is 0.0274. The molecular weight excluding hydrogens is 386 g/mol. The first-order chi connectivity index (χ1) is 14.4. The molecule has 8 heteroatoms. The molecule has 156 valence electrons. The standard InChI is InChI=1S/C22H23N3O5/c1-14-11-17(15(2)25(14)9-10-28-4)19(26)13-29-22(27)20-16(3)30-21(18(20)12-23)24-7-5-6-8-24/h5-8,11H,9-10,13H2,1-4H3. The van der Waals surface area contributed by atoms with Crippen molar-refractivity contribution >= 4 is 11.8 Å². The maximum Gasteiger partial charge on any atom is 0.343 e. The number of esters is 1. The normalized spacial score (nSPS) is 10.8. The molecule has 3 aromatic rings. The van der Waals surface area contributed by atoms with Crippen molar-refractivity contribution < 1.29 is 23.5 Å². The zero-order chi connectivity index (χ0) is 21.8. The Morgan fingerprint density at radius 1 is 1.20 bits per heavy atom. The number of carbonyl (C=O) groups excluding carboxylic acids is 2. The van der Waals surface area contributed by atoms with Crippen LogP contribution in [-0.4, -0.2) is 41.2 Å². The molecule has 0 spiro atoms. The second-order valence-electron chi connectivity index (χ2n) is 6.84. The molecule has 30 heavy (non-hydrogen) atoms. The van der Waals surface area contributed by atoms with Crippen molar-refractivity contribution in [3.8, 4) is 12.0 Å². The van der Waals surface area contributed by atoms with Crippen LogP contribution in [0.2, 0.25) is 0 Å². The van der Waals surface area contributed by atoms with Gasteiger partial charge in [-0.3, -0.25) is 9.36 Å². The number of aryl methyl sites for hydroxylation is 2. The highest BCUT2D eigenvalue weighted by Gasteiger charge is 2.27. The highest BCUT2D eigenvalue weighted by atomic mass is 16.5. The number of nitrogens with zero attached hydrogens (tertiary/aromatic N) is 3. The molecule has 0 saturated heterocycles. The highest BCUT2D eigenvalue weighted by Crippen LogP contribution is 2.26. The lowest BCUT2D eigenvalue weighted by Gasteiger charge is -2.09. The van der Waals surface area contributed by atoms with Gasteiger partial charge in [-0.25, -0.2) is 4.79 Å². The molecule has 0 aromatic carbocycles. The van der Waals surface area contributed by atoms with Crippen molar-refractivity contribution in [1.82, 2.24) is 9.13 Å². The summed E-state index contributed by atoms with van der Waals surface area (Å²) in [6.07, 6.45) is 3.41. The lowest BCUT2D eigenvalue weighted by atomic mass is 10.1. The van der Waals surface area contributed by atoms with E-state index in [1.165, 1.54) is 0 Å². The van der Waals surface area contributed by atoms with Crippen LogP contribution in [0.1, 0.15) is 43.4 Å². The van der Waals surface area contributed by atoms with Crippen LogP contribution in [0.25, 0.3) is 5.88 Å². The largest absolute Gasteiger partial charge is 0.454 e. The molecule has 3 aromatic heterocycles. The van der Waals surface area contributed by atoms with Gasteiger partial charge in [0, 0.05) is 43.0 Å². The highest BCUT2D eigenvalue weighted by molar-refractivity contribution is 6.01. The topological polar surface area (TPSA) is 99.4 Å². The first kappa shape index (κ1) is 21.1. The molecule has 0 bridgehead atoms. The fourth-order valence-corrected chi connectivity index (χ4v) is 3.42. The van der Waals surface area contributed by atoms with Gasteiger partial charge in [0.05, 0.1) is 6.61 Å². The molecule has 0 radical (unpaired) electrons. The third-order valence-corrected chi connectivity index (χ3v) is 4.95. The Morgan fingerprint density at radius 3 is 2.53 bits per heavy atom. The molecule has 0 aliphatic heterocycles. The molecule has 3 rings (SSSR count). The summed E-state index contributed by atoms with van der Waals surface area (Å²) in [6.45, 7) is 6.05. The number of ketones is 1. The minimum atomic E-state index is -0.771. The smallest absolute Gasteiger partial charge is 0.343 e. The maximum atomic E-state index is 12.7. The van der Waals surface area contributed by atoms with E-state index in [1.807, 2.05) is 24.5 Å². The van der Waals surface area contributed by atoms with Crippen LogP contribution in [-0.2, 0) is 16.0 Å². The van der Waals surface area contributed by atoms with Crippen LogP contribution in [0.5, 0.6) is 0 Å². The molecular formula is C22H23N3O5. The van der Waals surface area contributed by atoms with Gasteiger partial charge >= 0.3 is 5.97 Å². The predicted molar refractivity (Wildman–Crippen MR) is 108 cm³/mol. The summed E-state index contributed by atoms with van der Waals surface area (Å²) in [5, 5.41) is 9.55. The van der Waals surface area contributed by atoms with Gasteiger partial charge in [0.2, 0.25) is 11.7 Å². The van der Waals surface area contributed by atoms with Crippen molar-refractivity contribution in [3.05, 3.63) is 64.4 Å². The third-order valence-electron chi connectivity index (χ3n) is 4.95. The van der Waals surface area contributed by atoms with Gasteiger partial charge in [-0.05, 0) is 39.0 Å². The fourth-order valence-electron chi connectivity index (χ4n) is 3.42. The Hall–Kier alpha value is -3.57. The van der Waals surface area contributed by atoms with Crippen molar-refractivity contribution in [3.63, 3.8) is 0 Å². The van der Waals surface area contributed by atoms with E-state index in [4.69, 9.17) is 13.9 Å². The average Bonchev–Trinajstić information content (AvgIpc) is 3.43. The van der Waals surface area contributed by atoms with Gasteiger partial charge in [0.25, 0.3) is 0 Å². The van der Waals surface area contributed by atoms with Crippen molar-refractivity contribution in [2.75, 3.05) is 20.3 Å². The van der Waals surface area contributed by atoms with E-state index >= 15 is 0 Å². The lowest BCUT2D eigenvalue weighted by Crippen LogP contribution is -2.16. The molecule has 0 aliphatic carbocycles. The maximum absolute atomic E-state index is 12.7. The second kappa shape index (κ2) is 8.84. The minimum Gasteiger partial charge on any atom is -0.454 e. The number of hydrogen-bond donors (Lipinski definition) is 0. The van der Waals surface area contributed by atoms with E-state index < -0.39 is 12.6 Å². The monoisotopic (exact) mass is 409 g/mol. The van der Waals surface area contributed by atoms with E-state index in [0.29, 0.717) is 18.7 Å². The molecule has 0 fully saturated rings. The number of hydrogen-bond acceptors (Lipinski definition) is 6. The van der Waals surface area contributed by atoms with Gasteiger partial charge in [0.1, 0.15) is 23.0 Å². The average molecular weight is 409 g/mol. The number of ether oxygens (including phenoxy) is 2. The number of nitriles is 1. The molecule has 0 N–H and O–H groups in total. The molecule has 8 nitrogen and oxygen atoms in total. The van der Waals surface area contributed by atoms with Crippen LogP contribution < -0.4 is 0 Å². The molecule has 3 heterocycles. The van der Waals surface area contributed by atoms with E-state index in [2.05, 4.69) is 0 Å². The Balaban J connectivity index is 1.77. The number of rotatable bonds is 8. The first-order valence-corrected chi connectivity index (χ1v) is 9.41. The van der Waals surface area contributed by atoms with Crippen LogP contribution in [0.4, 0.5) is 0 Å². The summed E-state index contributed by atoms with van der Waals surface area (Å²) in [7, 11) is 1.62. The van der Waals surface area contributed by atoms with E-state index in [0.717, 1.165) is 11.4 Å². The Morgan fingerprint density at radius 2 is 1.90 bits per heavy atom. The van der Waals surface area contributed by atoms with E-state index in [-0.39, 0.29) is 28.6 Å². The molecule has 0 amide bonds. The molecule has 0 atom stereocenters. The zero-order valence-corrected chi connectivity index (χ0v) is 17.4. The summed E-state index contributed by atoms with van der Waals surface area (Å²) in [6, 6.07) is 7.32. The number of carbonyl (C=O) groups is 2. The predicted octanol–water partition coefficient (Wildman–Crippen LogP) is 3.35. The van der Waals surface area contributed by atoms with Gasteiger partial charge < -0.3 is 18.5 Å². The summed E-state index contributed by atoms with van der Waals surface area (Å²) in [4.78, 5) is 25.3. The molecule has 0 aliphatic rings. The first-order valence-electron chi connectivity index (χ1n) is 9.41. The van der Waals surface area contributed by atoms with Crippen LogP contribution in [0.3, 0.4) is 0 Å². The lowest BCUT2D eigenvalue weighted by molar-refractivity contribution is 0.0472. The van der Waals surface area contributed by atoms with Gasteiger partial charge in [-0.1, -0.05) is 0 Å². The van der Waals surface area contributed by atoms with Gasteiger partial charge in [-0.15, -0.1) is 0 Å². The summed E-state index contributed by atoms with van der Waals surface area (Å²) >= 11 is 0. The quantitative estimate of drug-likeness (QED) is 0.418. The van der Waals surface area contributed by atoms with Gasteiger partial charge in [0.15, 0.2) is 6.61 Å². The van der Waals surface area contributed by atoms with Crippen LogP contribution >= 0.6 is 0 Å². The summed E-state index contributed by atoms with van der Waals surface area (Å²) in [5.74, 6) is -0.594. The Labute approximate surface area is 174 Å². The van der Waals surface area contributed by atoms with Crippen molar-refractivity contribution in [2.45, 2.75) is 27.3 Å².